The standard InChI is InChI=1S/C32H20N4O4/c37-23-9-17(10-24(38)15-23)31-27-5-1-19(33-27)13-20-2-6-29(34-20)32(18-11-25(39)16-26(40)12-18)30-8-4-22(36-30)14-21-3-7-28(31)35-21/h1-16,37-40H. The van der Waals surface area contributed by atoms with Gasteiger partial charge >= 0.3 is 0 Å². The average molecular weight is 525 g/mol. The maximum atomic E-state index is 10.2. The van der Waals surface area contributed by atoms with Crippen LogP contribution in [0.1, 0.15) is 11.1 Å². The first-order chi connectivity index (χ1) is 19.4. The summed E-state index contributed by atoms with van der Waals surface area (Å²) in [6.45, 7) is 0. The molecule has 0 fully saturated rings. The molecule has 40 heavy (non-hydrogen) atoms. The van der Waals surface area contributed by atoms with Gasteiger partial charge in [0.05, 0.1) is 45.6 Å². The van der Waals surface area contributed by atoms with E-state index in [4.69, 9.17) is 20.0 Å². The number of rotatable bonds is 2. The number of hydrogen-bond acceptors (Lipinski definition) is 8. The summed E-state index contributed by atoms with van der Waals surface area (Å²) in [6, 6.07) is 8.81. The first-order valence-electron chi connectivity index (χ1n) is 12.4. The molecule has 2 aromatic rings. The van der Waals surface area contributed by atoms with Gasteiger partial charge in [0.15, 0.2) is 0 Å². The van der Waals surface area contributed by atoms with Crippen LogP contribution in [0, 0.1) is 0 Å². The number of phenolic OH excluding ortho intramolecular Hbond substituents is 4. The lowest BCUT2D eigenvalue weighted by atomic mass is 9.98. The molecule has 0 saturated heterocycles. The molecule has 2 aromatic carbocycles. The maximum absolute atomic E-state index is 10.2. The molecule has 0 radical (unpaired) electrons. The lowest BCUT2D eigenvalue weighted by Gasteiger charge is -2.10. The molecule has 5 aliphatic rings. The molecule has 0 spiro atoms. The number of aromatic hydroxyl groups is 4. The molecule has 192 valence electrons. The molecule has 7 rings (SSSR count). The van der Waals surface area contributed by atoms with Crippen molar-refractivity contribution < 1.29 is 20.4 Å². The first-order valence-corrected chi connectivity index (χ1v) is 12.4. The number of hydrogen-bond donors (Lipinski definition) is 4. The Morgan fingerprint density at radius 1 is 0.400 bits per heavy atom. The van der Waals surface area contributed by atoms with E-state index in [1.165, 1.54) is 12.1 Å². The maximum Gasteiger partial charge on any atom is 0.119 e. The first kappa shape index (κ1) is 23.4. The third kappa shape index (κ3) is 4.23. The summed E-state index contributed by atoms with van der Waals surface area (Å²) in [7, 11) is 0. The Balaban J connectivity index is 1.45. The Bertz CT molecular complexity index is 1740. The molecule has 4 N–H and O–H groups in total. The highest BCUT2D eigenvalue weighted by atomic mass is 16.3. The second-order valence-corrected chi connectivity index (χ2v) is 9.54. The number of allylic oxidation sites excluding steroid dienone is 12. The van der Waals surface area contributed by atoms with E-state index in [0.29, 0.717) is 67.9 Å². The lowest BCUT2D eigenvalue weighted by molar-refractivity contribution is 0.449. The number of nitrogens with zero attached hydrogens (tertiary/aromatic N) is 4. The largest absolute Gasteiger partial charge is 0.508 e. The van der Waals surface area contributed by atoms with E-state index in [2.05, 4.69) is 0 Å². The topological polar surface area (TPSA) is 130 Å². The summed E-state index contributed by atoms with van der Waals surface area (Å²) in [5, 5.41) is 40.7. The Kier molecular flexibility index (Phi) is 5.21. The van der Waals surface area contributed by atoms with E-state index in [0.717, 1.165) is 0 Å². The van der Waals surface area contributed by atoms with Gasteiger partial charge in [-0.3, -0.25) is 0 Å². The predicted octanol–water partition coefficient (Wildman–Crippen LogP) is 5.46. The normalized spacial score (nSPS) is 18.7. The lowest BCUT2D eigenvalue weighted by Crippen LogP contribution is -2.00. The summed E-state index contributed by atoms with van der Waals surface area (Å²) in [4.78, 5) is 19.2. The molecular formula is C32H20N4O4. The fourth-order valence-corrected chi connectivity index (χ4v) is 5.03. The van der Waals surface area contributed by atoms with Gasteiger partial charge in [0.2, 0.25) is 0 Å². The smallest absolute Gasteiger partial charge is 0.119 e. The second kappa shape index (κ2) is 8.92. The SMILES string of the molecule is Oc1cc(O)cc(C2=C3C=CC(=N3)C=C3C=CC(=N3)C(c3cc(O)cc(O)c3)=C3C=CC(=N3)C=C3C=CC2=N3)c1. The van der Waals surface area contributed by atoms with Crippen molar-refractivity contribution in [1.29, 1.82) is 0 Å². The Labute approximate surface area is 228 Å². The quantitative estimate of drug-likeness (QED) is 0.416. The van der Waals surface area contributed by atoms with Crippen molar-refractivity contribution in [1.82, 2.24) is 0 Å². The second-order valence-electron chi connectivity index (χ2n) is 9.54. The zero-order valence-corrected chi connectivity index (χ0v) is 20.8. The van der Waals surface area contributed by atoms with Crippen molar-refractivity contribution in [3.63, 3.8) is 0 Å². The fourth-order valence-electron chi connectivity index (χ4n) is 5.03. The van der Waals surface area contributed by atoms with Crippen molar-refractivity contribution in [2.24, 2.45) is 20.0 Å². The molecule has 0 aromatic heterocycles. The Morgan fingerprint density at radius 3 is 1.20 bits per heavy atom. The highest BCUT2D eigenvalue weighted by Gasteiger charge is 2.23. The zero-order chi connectivity index (χ0) is 27.4. The summed E-state index contributed by atoms with van der Waals surface area (Å²) < 4.78 is 0. The van der Waals surface area contributed by atoms with Crippen LogP contribution >= 0.6 is 0 Å². The summed E-state index contributed by atoms with van der Waals surface area (Å²) in [5.41, 5.74) is 7.60. The van der Waals surface area contributed by atoms with Gasteiger partial charge in [-0.15, -0.1) is 0 Å². The van der Waals surface area contributed by atoms with Gasteiger partial charge < -0.3 is 20.4 Å². The Morgan fingerprint density at radius 2 is 0.800 bits per heavy atom. The summed E-state index contributed by atoms with van der Waals surface area (Å²) in [5.74, 6) is -0.276. The van der Waals surface area contributed by atoms with Crippen LogP contribution in [-0.4, -0.2) is 43.3 Å². The molecule has 0 saturated carbocycles. The fraction of sp³-hybridized carbons (Fsp3) is 0. The highest BCUT2D eigenvalue weighted by Crippen LogP contribution is 2.36. The van der Waals surface area contributed by atoms with Gasteiger partial charge in [0.1, 0.15) is 23.0 Å². The van der Waals surface area contributed by atoms with E-state index in [1.54, 1.807) is 24.3 Å². The van der Waals surface area contributed by atoms with Crippen LogP contribution in [0.25, 0.3) is 11.1 Å². The van der Waals surface area contributed by atoms with Crippen LogP contribution in [0.4, 0.5) is 0 Å². The van der Waals surface area contributed by atoms with Crippen LogP contribution in [0.5, 0.6) is 23.0 Å². The molecule has 0 aliphatic carbocycles. The van der Waals surface area contributed by atoms with Gasteiger partial charge in [-0.2, -0.15) is 0 Å². The average Bonchev–Trinajstić information content (AvgIpc) is 3.69. The minimum absolute atomic E-state index is 0.0690. The van der Waals surface area contributed by atoms with Crippen LogP contribution in [0.3, 0.4) is 0 Å². The Hall–Kier alpha value is -5.76. The van der Waals surface area contributed by atoms with Crippen molar-refractivity contribution in [3.8, 4) is 23.0 Å². The number of fused-ring (bicyclic) bond motifs is 4. The molecule has 5 heterocycles. The van der Waals surface area contributed by atoms with E-state index in [-0.39, 0.29) is 23.0 Å². The number of aliphatic imine (C=N–C) groups is 4. The number of benzene rings is 2. The van der Waals surface area contributed by atoms with Gasteiger partial charge in [-0.05, 0) is 96.2 Å². The molecular weight excluding hydrogens is 504 g/mol. The van der Waals surface area contributed by atoms with Gasteiger partial charge in [0.25, 0.3) is 0 Å². The van der Waals surface area contributed by atoms with Crippen LogP contribution in [0.15, 0.2) is 140 Å². The monoisotopic (exact) mass is 524 g/mol. The molecule has 8 nitrogen and oxygen atoms in total. The van der Waals surface area contributed by atoms with Crippen molar-refractivity contribution in [3.05, 3.63) is 131 Å². The van der Waals surface area contributed by atoms with Crippen molar-refractivity contribution in [2.45, 2.75) is 0 Å². The molecule has 0 amide bonds. The highest BCUT2D eigenvalue weighted by molar-refractivity contribution is 6.34. The van der Waals surface area contributed by atoms with E-state index >= 15 is 0 Å². The molecule has 8 bridgehead atoms. The van der Waals surface area contributed by atoms with Gasteiger partial charge in [-0.1, -0.05) is 0 Å². The van der Waals surface area contributed by atoms with E-state index in [9.17, 15) is 20.4 Å². The van der Waals surface area contributed by atoms with Gasteiger partial charge in [-0.25, -0.2) is 20.0 Å². The predicted molar refractivity (Wildman–Crippen MR) is 156 cm³/mol. The minimum Gasteiger partial charge on any atom is -0.508 e. The zero-order valence-electron chi connectivity index (χ0n) is 20.8. The summed E-state index contributed by atoms with van der Waals surface area (Å²) >= 11 is 0. The van der Waals surface area contributed by atoms with E-state index < -0.39 is 0 Å². The molecule has 0 unspecified atom stereocenters. The molecule has 5 aliphatic heterocycles. The third-order valence-electron chi connectivity index (χ3n) is 6.64. The van der Waals surface area contributed by atoms with Crippen molar-refractivity contribution in [2.75, 3.05) is 0 Å². The number of phenols is 4. The van der Waals surface area contributed by atoms with Crippen LogP contribution < -0.4 is 0 Å². The van der Waals surface area contributed by atoms with Gasteiger partial charge in [0, 0.05) is 23.3 Å². The van der Waals surface area contributed by atoms with Crippen LogP contribution in [0.2, 0.25) is 0 Å². The van der Waals surface area contributed by atoms with E-state index in [1.807, 2.05) is 60.8 Å². The van der Waals surface area contributed by atoms with Crippen molar-refractivity contribution >= 4 is 34.0 Å². The minimum atomic E-state index is -0.0690. The summed E-state index contributed by atoms with van der Waals surface area (Å²) in [6.07, 6.45) is 18.6. The molecule has 8 heteroatoms. The third-order valence-corrected chi connectivity index (χ3v) is 6.64. The molecule has 0 atom stereocenters. The van der Waals surface area contributed by atoms with Crippen LogP contribution in [-0.2, 0) is 0 Å².